The molecule has 0 aromatic carbocycles. The van der Waals surface area contributed by atoms with Crippen LogP contribution in [0.3, 0.4) is 0 Å². The Bertz CT molecular complexity index is 290. The second-order valence-corrected chi connectivity index (χ2v) is 6.44. The number of likely N-dealkylation sites (N-methyl/N-ethyl adjacent to an activating group) is 1. The van der Waals surface area contributed by atoms with Crippen LogP contribution in [0.2, 0.25) is 0 Å². The lowest BCUT2D eigenvalue weighted by molar-refractivity contribution is 0.0517. The van der Waals surface area contributed by atoms with E-state index in [0.717, 1.165) is 26.1 Å². The number of piperidine rings is 1. The maximum atomic E-state index is 11.6. The molecule has 1 fully saturated rings. The molecule has 0 radical (unpaired) electrons. The van der Waals surface area contributed by atoms with Crippen molar-refractivity contribution in [1.29, 1.82) is 0 Å². The molecule has 0 aromatic rings. The highest BCUT2D eigenvalue weighted by atomic mass is 16.6. The average molecular weight is 285 g/mol. The van der Waals surface area contributed by atoms with Crippen LogP contribution in [-0.4, -0.2) is 54.9 Å². The van der Waals surface area contributed by atoms with Gasteiger partial charge in [-0.05, 0) is 46.7 Å². The Balaban J connectivity index is 2.24. The number of nitrogens with one attached hydrogen (secondary N) is 2. The van der Waals surface area contributed by atoms with Gasteiger partial charge in [-0.2, -0.15) is 0 Å². The Morgan fingerprint density at radius 1 is 1.30 bits per heavy atom. The van der Waals surface area contributed by atoms with Crippen LogP contribution >= 0.6 is 0 Å². The van der Waals surface area contributed by atoms with Gasteiger partial charge in [0.05, 0.1) is 0 Å². The zero-order valence-corrected chi connectivity index (χ0v) is 13.7. The van der Waals surface area contributed by atoms with Crippen molar-refractivity contribution < 1.29 is 9.53 Å². The van der Waals surface area contributed by atoms with Crippen LogP contribution in [0.1, 0.15) is 47.5 Å². The third kappa shape index (κ3) is 6.09. The number of carbonyl (C=O) groups is 1. The summed E-state index contributed by atoms with van der Waals surface area (Å²) in [6.07, 6.45) is 1.96. The average Bonchev–Trinajstić information content (AvgIpc) is 2.37. The molecule has 0 spiro atoms. The van der Waals surface area contributed by atoms with Crippen LogP contribution in [0.5, 0.6) is 0 Å². The van der Waals surface area contributed by atoms with Crippen LogP contribution < -0.4 is 10.6 Å². The molecule has 1 heterocycles. The Morgan fingerprint density at radius 2 is 1.95 bits per heavy atom. The molecule has 20 heavy (non-hydrogen) atoms. The van der Waals surface area contributed by atoms with E-state index in [9.17, 15) is 4.79 Å². The van der Waals surface area contributed by atoms with E-state index in [1.54, 1.807) is 0 Å². The predicted octanol–water partition coefficient (Wildman–Crippen LogP) is 1.97. The number of hydrogen-bond donors (Lipinski definition) is 2. The molecular weight excluding hydrogens is 254 g/mol. The number of amides is 1. The highest BCUT2D eigenvalue weighted by molar-refractivity contribution is 5.67. The number of carbonyl (C=O) groups excluding carboxylic acids is 1. The number of nitrogens with zero attached hydrogens (tertiary/aromatic N) is 1. The molecule has 2 N–H and O–H groups in total. The Labute approximate surface area is 123 Å². The van der Waals surface area contributed by atoms with Crippen molar-refractivity contribution in [3.05, 3.63) is 0 Å². The van der Waals surface area contributed by atoms with Crippen LogP contribution in [0, 0.1) is 0 Å². The van der Waals surface area contributed by atoms with E-state index >= 15 is 0 Å². The molecule has 0 aliphatic carbocycles. The lowest BCUT2D eigenvalue weighted by Gasteiger charge is -2.36. The zero-order valence-electron chi connectivity index (χ0n) is 13.7. The van der Waals surface area contributed by atoms with Crippen LogP contribution in [0.15, 0.2) is 0 Å². The summed E-state index contributed by atoms with van der Waals surface area (Å²) in [4.78, 5) is 14.1. The zero-order chi connectivity index (χ0) is 15.2. The second-order valence-electron chi connectivity index (χ2n) is 6.44. The van der Waals surface area contributed by atoms with E-state index in [2.05, 4.69) is 29.4 Å². The quantitative estimate of drug-likeness (QED) is 0.811. The molecule has 2 atom stereocenters. The van der Waals surface area contributed by atoms with Crippen LogP contribution in [0.25, 0.3) is 0 Å². The van der Waals surface area contributed by atoms with Crippen LogP contribution in [0.4, 0.5) is 4.79 Å². The first-order valence-corrected chi connectivity index (χ1v) is 7.80. The third-order valence-electron chi connectivity index (χ3n) is 3.71. The van der Waals surface area contributed by atoms with E-state index < -0.39 is 5.60 Å². The van der Waals surface area contributed by atoms with E-state index in [1.807, 2.05) is 20.8 Å². The number of hydrogen-bond acceptors (Lipinski definition) is 4. The third-order valence-corrected chi connectivity index (χ3v) is 3.71. The van der Waals surface area contributed by atoms with Crippen molar-refractivity contribution in [1.82, 2.24) is 15.5 Å². The van der Waals surface area contributed by atoms with Gasteiger partial charge >= 0.3 is 6.09 Å². The SMILES string of the molecule is CCN(CC)C1CCC(CNC(=O)OC(C)(C)C)NC1. The largest absolute Gasteiger partial charge is 0.444 e. The molecule has 0 bridgehead atoms. The molecule has 2 unspecified atom stereocenters. The van der Waals surface area contributed by atoms with Gasteiger partial charge in [-0.3, -0.25) is 4.90 Å². The molecule has 1 rings (SSSR count). The van der Waals surface area contributed by atoms with Gasteiger partial charge < -0.3 is 15.4 Å². The number of ether oxygens (including phenoxy) is 1. The topological polar surface area (TPSA) is 53.6 Å². The van der Waals surface area contributed by atoms with E-state index in [4.69, 9.17) is 4.74 Å². The molecule has 0 saturated carbocycles. The highest BCUT2D eigenvalue weighted by Gasteiger charge is 2.24. The summed E-state index contributed by atoms with van der Waals surface area (Å²) >= 11 is 0. The normalized spacial score (nSPS) is 23.7. The van der Waals surface area contributed by atoms with Gasteiger partial charge in [-0.1, -0.05) is 13.8 Å². The standard InChI is InChI=1S/C15H31N3O2/c1-6-18(7-2)13-9-8-12(16-11-13)10-17-14(19)20-15(3,4)5/h12-13,16H,6-11H2,1-5H3,(H,17,19). The highest BCUT2D eigenvalue weighted by Crippen LogP contribution is 2.13. The van der Waals surface area contributed by atoms with E-state index in [-0.39, 0.29) is 6.09 Å². The summed E-state index contributed by atoms with van der Waals surface area (Å²) in [5, 5.41) is 6.37. The summed E-state index contributed by atoms with van der Waals surface area (Å²) in [5.74, 6) is 0. The van der Waals surface area contributed by atoms with Crippen molar-refractivity contribution in [3.8, 4) is 0 Å². The van der Waals surface area contributed by atoms with Crippen molar-refractivity contribution >= 4 is 6.09 Å². The van der Waals surface area contributed by atoms with Gasteiger partial charge in [0.2, 0.25) is 0 Å². The molecule has 1 amide bonds. The first kappa shape index (κ1) is 17.2. The van der Waals surface area contributed by atoms with E-state index in [0.29, 0.717) is 18.6 Å². The summed E-state index contributed by atoms with van der Waals surface area (Å²) in [5.41, 5.74) is -0.433. The van der Waals surface area contributed by atoms with Gasteiger partial charge in [0.25, 0.3) is 0 Å². The van der Waals surface area contributed by atoms with Gasteiger partial charge in [0, 0.05) is 25.2 Å². The molecular formula is C15H31N3O2. The second kappa shape index (κ2) is 7.84. The molecule has 1 aliphatic rings. The minimum absolute atomic E-state index is 0.329. The van der Waals surface area contributed by atoms with Gasteiger partial charge in [-0.25, -0.2) is 4.79 Å². The fraction of sp³-hybridized carbons (Fsp3) is 0.933. The lowest BCUT2D eigenvalue weighted by atomic mass is 9.99. The summed E-state index contributed by atoms with van der Waals surface area (Å²) < 4.78 is 5.24. The lowest BCUT2D eigenvalue weighted by Crippen LogP contribution is -2.53. The minimum atomic E-state index is -0.433. The summed E-state index contributed by atoms with van der Waals surface area (Å²) in [6.45, 7) is 13.9. The van der Waals surface area contributed by atoms with Crippen molar-refractivity contribution in [3.63, 3.8) is 0 Å². The molecule has 118 valence electrons. The Kier molecular flexibility index (Phi) is 6.76. The predicted molar refractivity (Wildman–Crippen MR) is 82.0 cm³/mol. The smallest absolute Gasteiger partial charge is 0.407 e. The molecule has 0 aromatic heterocycles. The molecule has 1 saturated heterocycles. The Morgan fingerprint density at radius 3 is 2.40 bits per heavy atom. The summed E-state index contributed by atoms with van der Waals surface area (Å²) in [7, 11) is 0. The molecule has 5 nitrogen and oxygen atoms in total. The van der Waals surface area contributed by atoms with Crippen molar-refractivity contribution in [2.75, 3.05) is 26.2 Å². The van der Waals surface area contributed by atoms with E-state index in [1.165, 1.54) is 6.42 Å². The number of rotatable bonds is 5. The van der Waals surface area contributed by atoms with Crippen LogP contribution in [-0.2, 0) is 4.74 Å². The van der Waals surface area contributed by atoms with Gasteiger partial charge in [0.1, 0.15) is 5.60 Å². The molecule has 1 aliphatic heterocycles. The first-order valence-electron chi connectivity index (χ1n) is 7.80. The fourth-order valence-electron chi connectivity index (χ4n) is 2.65. The fourth-order valence-corrected chi connectivity index (χ4v) is 2.65. The maximum Gasteiger partial charge on any atom is 0.407 e. The maximum absolute atomic E-state index is 11.6. The van der Waals surface area contributed by atoms with Gasteiger partial charge in [-0.15, -0.1) is 0 Å². The van der Waals surface area contributed by atoms with Crippen molar-refractivity contribution in [2.24, 2.45) is 0 Å². The monoisotopic (exact) mass is 285 g/mol. The Hall–Kier alpha value is -0.810. The number of alkyl carbamates (subject to hydrolysis) is 1. The van der Waals surface area contributed by atoms with Gasteiger partial charge in [0.15, 0.2) is 0 Å². The van der Waals surface area contributed by atoms with Crippen molar-refractivity contribution in [2.45, 2.75) is 65.1 Å². The first-order chi connectivity index (χ1) is 9.35. The minimum Gasteiger partial charge on any atom is -0.444 e. The summed E-state index contributed by atoms with van der Waals surface area (Å²) in [6, 6.07) is 0.983. The molecule has 5 heteroatoms.